The van der Waals surface area contributed by atoms with Crippen LogP contribution < -0.4 is 20.1 Å². The van der Waals surface area contributed by atoms with E-state index in [0.29, 0.717) is 29.3 Å². The van der Waals surface area contributed by atoms with Crippen molar-refractivity contribution in [2.45, 2.75) is 33.2 Å². The van der Waals surface area contributed by atoms with E-state index in [2.05, 4.69) is 25.7 Å². The van der Waals surface area contributed by atoms with Gasteiger partial charge in [-0.15, -0.1) is 0 Å². The number of pyridine rings is 1. The summed E-state index contributed by atoms with van der Waals surface area (Å²) in [6.45, 7) is 5.05. The lowest BCUT2D eigenvalue weighted by molar-refractivity contribution is 0.0947. The highest BCUT2D eigenvalue weighted by Crippen LogP contribution is 2.30. The van der Waals surface area contributed by atoms with Crippen LogP contribution in [0.3, 0.4) is 0 Å². The summed E-state index contributed by atoms with van der Waals surface area (Å²) in [5, 5.41) is 10.6. The van der Waals surface area contributed by atoms with Crippen molar-refractivity contribution >= 4 is 17.4 Å². The molecule has 9 heteroatoms. The lowest BCUT2D eigenvalue weighted by Crippen LogP contribution is -2.24. The minimum absolute atomic E-state index is 0.251. The monoisotopic (exact) mass is 488 g/mol. The Hall–Kier alpha value is -4.14. The molecule has 0 bridgehead atoms. The number of ether oxygens (including phenoxy) is 2. The molecule has 0 atom stereocenters. The van der Waals surface area contributed by atoms with Gasteiger partial charge in [-0.25, -0.2) is 14.5 Å². The fourth-order valence-electron chi connectivity index (χ4n) is 3.63. The molecule has 1 aliphatic rings. The average molecular weight is 489 g/mol. The third-order valence-corrected chi connectivity index (χ3v) is 5.74. The fraction of sp³-hybridized carbons (Fsp3) is 0.333. The second-order valence-electron chi connectivity index (χ2n) is 8.22. The largest absolute Gasteiger partial charge is 0.493 e. The molecule has 3 aromatic heterocycles. The van der Waals surface area contributed by atoms with E-state index in [9.17, 15) is 4.79 Å². The van der Waals surface area contributed by atoms with Gasteiger partial charge in [0.25, 0.3) is 5.91 Å². The maximum atomic E-state index is 13.1. The van der Waals surface area contributed by atoms with E-state index in [1.54, 1.807) is 30.0 Å². The number of rotatable bonds is 9. The number of carbonyl (C=O) groups excluding carboxylic acids is 1. The fourth-order valence-corrected chi connectivity index (χ4v) is 3.63. The van der Waals surface area contributed by atoms with Crippen LogP contribution in [0, 0.1) is 5.92 Å². The van der Waals surface area contributed by atoms with E-state index in [-0.39, 0.29) is 11.8 Å². The maximum absolute atomic E-state index is 13.1. The summed E-state index contributed by atoms with van der Waals surface area (Å²) in [6.07, 6.45) is 5.88. The molecule has 1 fully saturated rings. The number of hydrogen-bond acceptors (Lipinski definition) is 7. The number of fused-ring (bicyclic) bond motifs is 1. The first-order valence-electron chi connectivity index (χ1n) is 12.2. The quantitative estimate of drug-likeness (QED) is 0.355. The van der Waals surface area contributed by atoms with Gasteiger partial charge in [-0.3, -0.25) is 4.79 Å². The zero-order valence-electron chi connectivity index (χ0n) is 21.1. The van der Waals surface area contributed by atoms with Crippen LogP contribution in [0.15, 0.2) is 54.9 Å². The van der Waals surface area contributed by atoms with Crippen LogP contribution in [-0.2, 0) is 6.54 Å². The standard InChI is InChI=1S/C25H26N6O3.C2H6/c1-26-22-14-31-23(29-22)10-9-20(30-31)18-11-19(25(33-2)28-13-18)24(32)27-12-17-5-3-4-6-21(17)34-15-16-7-8-16;1-2/h3-6,9-11,13-14,16,26H,7-8,12,15H2,1-2H3,(H,27,32);1-2H3. The Morgan fingerprint density at radius 3 is 2.72 bits per heavy atom. The topological polar surface area (TPSA) is 103 Å². The van der Waals surface area contributed by atoms with Gasteiger partial charge in [0.05, 0.1) is 25.6 Å². The van der Waals surface area contributed by atoms with Gasteiger partial charge in [-0.05, 0) is 43.0 Å². The van der Waals surface area contributed by atoms with E-state index < -0.39 is 0 Å². The van der Waals surface area contributed by atoms with Crippen molar-refractivity contribution < 1.29 is 14.3 Å². The molecule has 2 N–H and O–H groups in total. The van der Waals surface area contributed by atoms with Crippen LogP contribution in [0.25, 0.3) is 16.9 Å². The van der Waals surface area contributed by atoms with Gasteiger partial charge in [-0.2, -0.15) is 5.10 Å². The van der Waals surface area contributed by atoms with Gasteiger partial charge < -0.3 is 20.1 Å². The summed E-state index contributed by atoms with van der Waals surface area (Å²) < 4.78 is 13.0. The SMILES string of the molecule is CC.CNc1cn2nc(-c3cnc(OC)c(C(=O)NCc4ccccc4OCC4CC4)c3)ccc2n1. The van der Waals surface area contributed by atoms with Gasteiger partial charge in [0, 0.05) is 30.9 Å². The predicted molar refractivity (Wildman–Crippen MR) is 139 cm³/mol. The summed E-state index contributed by atoms with van der Waals surface area (Å²) in [6, 6.07) is 13.2. The number of hydrogen-bond donors (Lipinski definition) is 2. The zero-order valence-corrected chi connectivity index (χ0v) is 21.1. The van der Waals surface area contributed by atoms with Gasteiger partial charge >= 0.3 is 0 Å². The molecule has 0 unspecified atom stereocenters. The number of amides is 1. The van der Waals surface area contributed by atoms with Crippen molar-refractivity contribution in [2.24, 2.45) is 5.92 Å². The number of methoxy groups -OCH3 is 1. The first-order valence-corrected chi connectivity index (χ1v) is 12.2. The van der Waals surface area contributed by atoms with Gasteiger partial charge in [0.1, 0.15) is 17.1 Å². The van der Waals surface area contributed by atoms with E-state index in [1.807, 2.05) is 50.2 Å². The van der Waals surface area contributed by atoms with Crippen molar-refractivity contribution in [1.82, 2.24) is 24.9 Å². The Labute approximate surface area is 210 Å². The Balaban J connectivity index is 0.00000148. The van der Waals surface area contributed by atoms with Crippen molar-refractivity contribution in [2.75, 3.05) is 26.1 Å². The molecule has 9 nitrogen and oxygen atoms in total. The molecule has 188 valence electrons. The van der Waals surface area contributed by atoms with E-state index in [1.165, 1.54) is 20.0 Å². The number of anilines is 1. The molecule has 0 aliphatic heterocycles. The lowest BCUT2D eigenvalue weighted by Gasteiger charge is -2.13. The third kappa shape index (κ3) is 5.73. The summed E-state index contributed by atoms with van der Waals surface area (Å²) in [5.74, 6) is 2.14. The molecule has 1 aromatic carbocycles. The molecule has 0 spiro atoms. The molecule has 3 heterocycles. The molecule has 0 radical (unpaired) electrons. The molecule has 0 saturated heterocycles. The molecule has 1 aliphatic carbocycles. The number of imidazole rings is 1. The highest BCUT2D eigenvalue weighted by atomic mass is 16.5. The summed E-state index contributed by atoms with van der Waals surface area (Å²) in [7, 11) is 3.30. The Bertz CT molecular complexity index is 1330. The molecule has 36 heavy (non-hydrogen) atoms. The first-order chi connectivity index (χ1) is 17.6. The Morgan fingerprint density at radius 1 is 1.17 bits per heavy atom. The minimum Gasteiger partial charge on any atom is -0.493 e. The molecular formula is C27H32N6O3. The third-order valence-electron chi connectivity index (χ3n) is 5.74. The average Bonchev–Trinajstić information content (AvgIpc) is 3.67. The van der Waals surface area contributed by atoms with Gasteiger partial charge in [0.2, 0.25) is 5.88 Å². The molecule has 5 rings (SSSR count). The van der Waals surface area contributed by atoms with Crippen LogP contribution in [0.5, 0.6) is 11.6 Å². The van der Waals surface area contributed by atoms with Crippen molar-refractivity contribution in [1.29, 1.82) is 0 Å². The Morgan fingerprint density at radius 2 is 1.97 bits per heavy atom. The van der Waals surface area contributed by atoms with E-state index >= 15 is 0 Å². The van der Waals surface area contributed by atoms with Gasteiger partial charge in [0.15, 0.2) is 5.65 Å². The second kappa shape index (κ2) is 11.5. The number of nitrogens with one attached hydrogen (secondary N) is 2. The highest BCUT2D eigenvalue weighted by Gasteiger charge is 2.22. The maximum Gasteiger partial charge on any atom is 0.257 e. The van der Waals surface area contributed by atoms with Crippen LogP contribution in [-0.4, -0.2) is 46.3 Å². The van der Waals surface area contributed by atoms with Crippen molar-refractivity contribution in [3.63, 3.8) is 0 Å². The minimum atomic E-state index is -0.288. The van der Waals surface area contributed by atoms with Crippen molar-refractivity contribution in [3.05, 3.63) is 66.0 Å². The van der Waals surface area contributed by atoms with Crippen LogP contribution >= 0.6 is 0 Å². The molecular weight excluding hydrogens is 456 g/mol. The number of nitrogens with zero attached hydrogens (tertiary/aromatic N) is 4. The highest BCUT2D eigenvalue weighted by molar-refractivity contribution is 5.97. The summed E-state index contributed by atoms with van der Waals surface area (Å²) in [5.41, 5.74) is 3.33. The number of carbonyl (C=O) groups is 1. The van der Waals surface area contributed by atoms with E-state index in [0.717, 1.165) is 29.4 Å². The normalized spacial score (nSPS) is 12.4. The van der Waals surface area contributed by atoms with E-state index in [4.69, 9.17) is 9.47 Å². The predicted octanol–water partition coefficient (Wildman–Crippen LogP) is 4.59. The Kier molecular flexibility index (Phi) is 7.99. The molecule has 1 amide bonds. The first kappa shape index (κ1) is 25.0. The summed E-state index contributed by atoms with van der Waals surface area (Å²) >= 11 is 0. The number of benzene rings is 1. The lowest BCUT2D eigenvalue weighted by atomic mass is 10.1. The molecule has 1 saturated carbocycles. The van der Waals surface area contributed by atoms with Gasteiger partial charge in [-0.1, -0.05) is 32.0 Å². The summed E-state index contributed by atoms with van der Waals surface area (Å²) in [4.78, 5) is 21.9. The van der Waals surface area contributed by atoms with Crippen LogP contribution in [0.2, 0.25) is 0 Å². The smallest absolute Gasteiger partial charge is 0.257 e. The molecule has 4 aromatic rings. The second-order valence-corrected chi connectivity index (χ2v) is 8.22. The zero-order chi connectivity index (χ0) is 25.5. The van der Waals surface area contributed by atoms with Crippen LogP contribution in [0.4, 0.5) is 5.82 Å². The number of aromatic nitrogens is 4. The van der Waals surface area contributed by atoms with Crippen LogP contribution in [0.1, 0.15) is 42.6 Å². The van der Waals surface area contributed by atoms with Crippen molar-refractivity contribution in [3.8, 4) is 22.9 Å². The number of para-hydroxylation sites is 1.